The third kappa shape index (κ3) is 3.69. The largest absolute Gasteiger partial charge is 0.481 e. The first kappa shape index (κ1) is 19.8. The maximum atomic E-state index is 12.3. The van der Waals surface area contributed by atoms with Crippen LogP contribution < -0.4 is 9.64 Å². The van der Waals surface area contributed by atoms with Gasteiger partial charge in [-0.25, -0.2) is 14.5 Å². The minimum absolute atomic E-state index is 0.0269. The molecular weight excluding hydrogens is 386 g/mol. The zero-order valence-corrected chi connectivity index (χ0v) is 16.9. The lowest BCUT2D eigenvalue weighted by atomic mass is 10.1. The molecule has 0 aliphatic carbocycles. The Kier molecular flexibility index (Phi) is 5.57. The van der Waals surface area contributed by atoms with E-state index in [1.54, 1.807) is 28.9 Å². The van der Waals surface area contributed by atoms with Crippen LogP contribution in [0.25, 0.3) is 16.8 Å². The summed E-state index contributed by atoms with van der Waals surface area (Å²) in [7, 11) is 3.07. The van der Waals surface area contributed by atoms with E-state index >= 15 is 0 Å². The van der Waals surface area contributed by atoms with Crippen LogP contribution in [0.5, 0.6) is 5.88 Å². The fourth-order valence-electron chi connectivity index (χ4n) is 3.52. The number of nitrogens with one attached hydrogen (secondary N) is 1. The van der Waals surface area contributed by atoms with Crippen LogP contribution in [-0.2, 0) is 9.53 Å². The molecule has 1 aliphatic heterocycles. The summed E-state index contributed by atoms with van der Waals surface area (Å²) in [6.45, 7) is 2.35. The Morgan fingerprint density at radius 2 is 1.97 bits per heavy atom. The molecule has 1 fully saturated rings. The molecule has 0 bridgehead atoms. The molecule has 0 unspecified atom stereocenters. The normalized spacial score (nSPS) is 14.2. The standard InChI is InChI=1S/C20H23N7O3/c1-29-13-16(21)20(28)26-10-8-25(9-11-26)17-5-7-27-18(24-17)15(12-23-27)14-4-3-6-22-19(14)30-2/h3-7,12,21H,8-11,13H2,1-2H3. The molecule has 0 radical (unpaired) electrons. The van der Waals surface area contributed by atoms with E-state index in [1.807, 2.05) is 24.4 Å². The molecule has 0 aromatic carbocycles. The second kappa shape index (κ2) is 8.46. The van der Waals surface area contributed by atoms with Crippen molar-refractivity contribution in [2.24, 2.45) is 0 Å². The number of methoxy groups -OCH3 is 2. The Morgan fingerprint density at radius 1 is 1.17 bits per heavy atom. The number of hydrogen-bond acceptors (Lipinski definition) is 8. The van der Waals surface area contributed by atoms with Gasteiger partial charge in [0.1, 0.15) is 11.5 Å². The predicted molar refractivity (Wildman–Crippen MR) is 111 cm³/mol. The number of hydrogen-bond donors (Lipinski definition) is 1. The minimum atomic E-state index is -0.276. The van der Waals surface area contributed by atoms with E-state index in [1.165, 1.54) is 7.11 Å². The Balaban J connectivity index is 1.55. The lowest BCUT2D eigenvalue weighted by Crippen LogP contribution is -2.51. The van der Waals surface area contributed by atoms with Gasteiger partial charge in [0, 0.05) is 51.2 Å². The summed E-state index contributed by atoms with van der Waals surface area (Å²) in [5, 5.41) is 12.2. The van der Waals surface area contributed by atoms with Gasteiger partial charge in [-0.3, -0.25) is 10.2 Å². The maximum absolute atomic E-state index is 12.3. The lowest BCUT2D eigenvalue weighted by molar-refractivity contribution is -0.124. The predicted octanol–water partition coefficient (Wildman–Crippen LogP) is 1.11. The van der Waals surface area contributed by atoms with E-state index < -0.39 is 0 Å². The van der Waals surface area contributed by atoms with Crippen LogP contribution in [0.3, 0.4) is 0 Å². The number of carbonyl (C=O) groups is 1. The van der Waals surface area contributed by atoms with Crippen LogP contribution in [0.4, 0.5) is 5.82 Å². The van der Waals surface area contributed by atoms with E-state index in [9.17, 15) is 4.79 Å². The average Bonchev–Trinajstić information content (AvgIpc) is 3.22. The van der Waals surface area contributed by atoms with E-state index in [0.29, 0.717) is 37.7 Å². The van der Waals surface area contributed by atoms with Gasteiger partial charge in [0.15, 0.2) is 5.65 Å². The molecule has 0 saturated carbocycles. The number of amides is 1. The highest BCUT2D eigenvalue weighted by Gasteiger charge is 2.25. The van der Waals surface area contributed by atoms with Crippen LogP contribution in [0, 0.1) is 5.41 Å². The van der Waals surface area contributed by atoms with Crippen molar-refractivity contribution in [2.45, 2.75) is 0 Å². The molecule has 156 valence electrons. The number of pyridine rings is 1. The van der Waals surface area contributed by atoms with E-state index in [4.69, 9.17) is 19.9 Å². The number of rotatable bonds is 6. The Morgan fingerprint density at radius 3 is 2.70 bits per heavy atom. The van der Waals surface area contributed by atoms with Crippen LogP contribution in [0.2, 0.25) is 0 Å². The van der Waals surface area contributed by atoms with Crippen molar-refractivity contribution < 1.29 is 14.3 Å². The fraction of sp³-hybridized carbons (Fsp3) is 0.350. The van der Waals surface area contributed by atoms with E-state index in [0.717, 1.165) is 16.9 Å². The third-order valence-corrected chi connectivity index (χ3v) is 5.05. The zero-order valence-electron chi connectivity index (χ0n) is 16.9. The van der Waals surface area contributed by atoms with Crippen LogP contribution in [0.1, 0.15) is 0 Å². The van der Waals surface area contributed by atoms with Crippen molar-refractivity contribution in [3.8, 4) is 17.0 Å². The highest BCUT2D eigenvalue weighted by Crippen LogP contribution is 2.30. The number of nitrogens with zero attached hydrogens (tertiary/aromatic N) is 6. The summed E-state index contributed by atoms with van der Waals surface area (Å²) < 4.78 is 12.0. The van der Waals surface area contributed by atoms with Crippen molar-refractivity contribution in [3.63, 3.8) is 0 Å². The van der Waals surface area contributed by atoms with Gasteiger partial charge < -0.3 is 19.3 Å². The Bertz CT molecular complexity index is 1070. The SMILES string of the molecule is COCC(=N)C(=O)N1CCN(c2ccn3ncc(-c4cccnc4OC)c3n2)CC1. The van der Waals surface area contributed by atoms with Crippen molar-refractivity contribution >= 4 is 23.1 Å². The first-order valence-electron chi connectivity index (χ1n) is 9.56. The summed E-state index contributed by atoms with van der Waals surface area (Å²) in [4.78, 5) is 25.2. The second-order valence-electron chi connectivity index (χ2n) is 6.86. The summed E-state index contributed by atoms with van der Waals surface area (Å²) >= 11 is 0. The molecule has 3 aromatic rings. The summed E-state index contributed by atoms with van der Waals surface area (Å²) in [6.07, 6.45) is 5.31. The van der Waals surface area contributed by atoms with Crippen molar-refractivity contribution in [2.75, 3.05) is 51.9 Å². The van der Waals surface area contributed by atoms with E-state index in [2.05, 4.69) is 15.0 Å². The van der Waals surface area contributed by atoms with Gasteiger partial charge in [0.05, 0.1) is 25.5 Å². The summed E-state index contributed by atoms with van der Waals surface area (Å²) in [5.74, 6) is 1.05. The fourth-order valence-corrected chi connectivity index (χ4v) is 3.52. The van der Waals surface area contributed by atoms with Gasteiger partial charge in [-0.1, -0.05) is 0 Å². The van der Waals surface area contributed by atoms with Crippen molar-refractivity contribution in [3.05, 3.63) is 36.8 Å². The molecule has 1 saturated heterocycles. The molecule has 30 heavy (non-hydrogen) atoms. The van der Waals surface area contributed by atoms with Crippen molar-refractivity contribution in [1.29, 1.82) is 5.41 Å². The quantitative estimate of drug-likeness (QED) is 0.608. The second-order valence-corrected chi connectivity index (χ2v) is 6.86. The van der Waals surface area contributed by atoms with Gasteiger partial charge in [-0.15, -0.1) is 0 Å². The van der Waals surface area contributed by atoms with Gasteiger partial charge in [0.2, 0.25) is 5.88 Å². The Hall–Kier alpha value is -3.53. The topological polar surface area (TPSA) is 109 Å². The van der Waals surface area contributed by atoms with Crippen LogP contribution in [-0.4, -0.2) is 83.1 Å². The molecule has 4 heterocycles. The summed E-state index contributed by atoms with van der Waals surface area (Å²) in [5.41, 5.74) is 2.34. The molecule has 0 spiro atoms. The smallest absolute Gasteiger partial charge is 0.270 e. The van der Waals surface area contributed by atoms with Gasteiger partial charge in [0.25, 0.3) is 5.91 Å². The Labute approximate surface area is 173 Å². The third-order valence-electron chi connectivity index (χ3n) is 5.05. The minimum Gasteiger partial charge on any atom is -0.481 e. The molecule has 1 aliphatic rings. The number of piperazine rings is 1. The molecule has 1 N–H and O–H groups in total. The van der Waals surface area contributed by atoms with Gasteiger partial charge in [-0.05, 0) is 18.2 Å². The van der Waals surface area contributed by atoms with Gasteiger partial charge in [-0.2, -0.15) is 5.10 Å². The molecule has 3 aromatic heterocycles. The number of carbonyl (C=O) groups excluding carboxylic acids is 1. The molecule has 10 nitrogen and oxygen atoms in total. The molecule has 10 heteroatoms. The molecule has 4 rings (SSSR count). The zero-order chi connectivity index (χ0) is 21.1. The monoisotopic (exact) mass is 409 g/mol. The van der Waals surface area contributed by atoms with Crippen LogP contribution >= 0.6 is 0 Å². The summed E-state index contributed by atoms with van der Waals surface area (Å²) in [6, 6.07) is 5.69. The molecule has 1 amide bonds. The highest BCUT2D eigenvalue weighted by molar-refractivity contribution is 6.38. The van der Waals surface area contributed by atoms with Crippen molar-refractivity contribution in [1.82, 2.24) is 24.5 Å². The highest BCUT2D eigenvalue weighted by atomic mass is 16.5. The number of anilines is 1. The maximum Gasteiger partial charge on any atom is 0.270 e. The first-order valence-corrected chi connectivity index (χ1v) is 9.56. The lowest BCUT2D eigenvalue weighted by Gasteiger charge is -2.35. The van der Waals surface area contributed by atoms with Crippen LogP contribution in [0.15, 0.2) is 36.8 Å². The van der Waals surface area contributed by atoms with E-state index in [-0.39, 0.29) is 18.2 Å². The molecule has 0 atom stereocenters. The van der Waals surface area contributed by atoms with Gasteiger partial charge >= 0.3 is 0 Å². The number of ether oxygens (including phenoxy) is 2. The average molecular weight is 409 g/mol. The number of fused-ring (bicyclic) bond motifs is 1. The number of aromatic nitrogens is 4. The first-order chi connectivity index (χ1) is 14.6. The molecular formula is C20H23N7O3.